The van der Waals surface area contributed by atoms with E-state index in [9.17, 15) is 18.7 Å². The van der Waals surface area contributed by atoms with Crippen molar-refractivity contribution in [3.63, 3.8) is 0 Å². The summed E-state index contributed by atoms with van der Waals surface area (Å²) in [6.07, 6.45) is 6.06. The Balaban J connectivity index is 1.57. The minimum Gasteiger partial charge on any atom is -0.508 e. The molecule has 0 saturated heterocycles. The monoisotopic (exact) mass is 444 g/mol. The maximum Gasteiger partial charge on any atom is 0.275 e. The Bertz CT molecular complexity index is 1090. The van der Waals surface area contributed by atoms with Crippen molar-refractivity contribution < 1.29 is 18.7 Å². The summed E-state index contributed by atoms with van der Waals surface area (Å²) in [4.78, 5) is 21.0. The molecule has 4 rings (SSSR count). The lowest BCUT2D eigenvalue weighted by molar-refractivity contribution is 0.102. The maximum atomic E-state index is 14.1. The predicted octanol–water partition coefficient (Wildman–Crippen LogP) is 4.67. The molecule has 3 unspecified atom stereocenters. The third-order valence-corrected chi connectivity index (χ3v) is 6.36. The molecule has 2 aromatic heterocycles. The maximum absolute atomic E-state index is 14.1. The molecular formula is C22H22F2N4O2S. The van der Waals surface area contributed by atoms with Crippen molar-refractivity contribution in [3.8, 4) is 16.3 Å². The normalized spacial score (nSPS) is 21.1. The van der Waals surface area contributed by atoms with Crippen LogP contribution in [0.3, 0.4) is 0 Å². The number of nitrogens with two attached hydrogens (primary N) is 1. The number of nitrogens with zero attached hydrogens (tertiary/aromatic N) is 2. The molecule has 162 valence electrons. The molecule has 1 aromatic carbocycles. The van der Waals surface area contributed by atoms with Crippen LogP contribution in [-0.4, -0.2) is 27.0 Å². The van der Waals surface area contributed by atoms with Crippen LogP contribution in [0.2, 0.25) is 0 Å². The van der Waals surface area contributed by atoms with Crippen molar-refractivity contribution in [2.45, 2.75) is 38.1 Å². The first-order valence-corrected chi connectivity index (χ1v) is 10.8. The van der Waals surface area contributed by atoms with Crippen LogP contribution in [0.1, 0.15) is 48.2 Å². The highest BCUT2D eigenvalue weighted by Gasteiger charge is 2.28. The molecule has 1 fully saturated rings. The van der Waals surface area contributed by atoms with E-state index in [1.165, 1.54) is 5.38 Å². The SMILES string of the molecule is CC1CC(N)CC(c2ccncc2NC(=O)c2csc(-c3c(F)cc(O)cc3F)n2)C1. The van der Waals surface area contributed by atoms with Gasteiger partial charge in [-0.1, -0.05) is 6.92 Å². The van der Waals surface area contributed by atoms with Gasteiger partial charge in [0.15, 0.2) is 0 Å². The second kappa shape index (κ2) is 8.68. The zero-order chi connectivity index (χ0) is 22.1. The molecule has 1 aliphatic carbocycles. The topological polar surface area (TPSA) is 101 Å². The predicted molar refractivity (Wildman–Crippen MR) is 115 cm³/mol. The number of hydrogen-bond acceptors (Lipinski definition) is 6. The first-order valence-electron chi connectivity index (χ1n) is 9.96. The van der Waals surface area contributed by atoms with Gasteiger partial charge in [0.1, 0.15) is 28.1 Å². The summed E-state index contributed by atoms with van der Waals surface area (Å²) in [7, 11) is 0. The summed E-state index contributed by atoms with van der Waals surface area (Å²) in [5.74, 6) is -2.21. The van der Waals surface area contributed by atoms with E-state index < -0.39 is 23.3 Å². The van der Waals surface area contributed by atoms with Gasteiger partial charge in [0, 0.05) is 29.8 Å². The molecule has 2 heterocycles. The highest BCUT2D eigenvalue weighted by Crippen LogP contribution is 2.38. The van der Waals surface area contributed by atoms with E-state index in [1.807, 2.05) is 6.07 Å². The summed E-state index contributed by atoms with van der Waals surface area (Å²) >= 11 is 0.943. The minimum absolute atomic E-state index is 0.0126. The third-order valence-electron chi connectivity index (χ3n) is 5.50. The molecular weight excluding hydrogens is 422 g/mol. The lowest BCUT2D eigenvalue weighted by Crippen LogP contribution is -2.31. The number of hydrogen-bond donors (Lipinski definition) is 3. The van der Waals surface area contributed by atoms with Crippen molar-refractivity contribution in [2.24, 2.45) is 11.7 Å². The largest absolute Gasteiger partial charge is 0.508 e. The van der Waals surface area contributed by atoms with Crippen LogP contribution in [0.5, 0.6) is 5.75 Å². The fourth-order valence-corrected chi connectivity index (χ4v) is 5.07. The van der Waals surface area contributed by atoms with Gasteiger partial charge in [-0.15, -0.1) is 11.3 Å². The number of carbonyl (C=O) groups is 1. The number of aromatic nitrogens is 2. The average molecular weight is 445 g/mol. The Hall–Kier alpha value is -2.91. The molecule has 6 nitrogen and oxygen atoms in total. The fraction of sp³-hybridized carbons (Fsp3) is 0.318. The van der Waals surface area contributed by atoms with E-state index in [0.29, 0.717) is 11.6 Å². The third kappa shape index (κ3) is 4.57. The van der Waals surface area contributed by atoms with Gasteiger partial charge < -0.3 is 16.2 Å². The van der Waals surface area contributed by atoms with Gasteiger partial charge in [-0.2, -0.15) is 0 Å². The molecule has 9 heteroatoms. The van der Waals surface area contributed by atoms with Gasteiger partial charge in [-0.05, 0) is 42.7 Å². The van der Waals surface area contributed by atoms with Gasteiger partial charge in [0.25, 0.3) is 5.91 Å². The minimum atomic E-state index is -0.948. The van der Waals surface area contributed by atoms with E-state index in [2.05, 4.69) is 22.2 Å². The number of carbonyl (C=O) groups excluding carboxylic acids is 1. The standard InChI is InChI=1S/C22H22F2N4O2S/c1-11-4-12(6-13(25)5-11)15-2-3-26-9-18(15)27-21(30)19-10-31-22(28-19)20-16(23)7-14(29)8-17(20)24/h2-3,7-13,29H,4-6,25H2,1H3,(H,27,30). The van der Waals surface area contributed by atoms with Gasteiger partial charge >= 0.3 is 0 Å². The number of aromatic hydroxyl groups is 1. The molecule has 3 aromatic rings. The number of amides is 1. The molecule has 0 spiro atoms. The Morgan fingerprint density at radius 3 is 2.71 bits per heavy atom. The number of phenols is 1. The number of rotatable bonds is 4. The van der Waals surface area contributed by atoms with Crippen LogP contribution >= 0.6 is 11.3 Å². The fourth-order valence-electron chi connectivity index (χ4n) is 4.22. The van der Waals surface area contributed by atoms with Crippen molar-refractivity contribution in [1.29, 1.82) is 0 Å². The van der Waals surface area contributed by atoms with Gasteiger partial charge in [0.05, 0.1) is 17.4 Å². The summed E-state index contributed by atoms with van der Waals surface area (Å²) < 4.78 is 28.2. The summed E-state index contributed by atoms with van der Waals surface area (Å²) in [5.41, 5.74) is 7.40. The van der Waals surface area contributed by atoms with Crippen molar-refractivity contribution >= 4 is 22.9 Å². The van der Waals surface area contributed by atoms with Crippen molar-refractivity contribution in [1.82, 2.24) is 9.97 Å². The second-order valence-electron chi connectivity index (χ2n) is 8.01. The van der Waals surface area contributed by atoms with Crippen LogP contribution in [-0.2, 0) is 0 Å². The smallest absolute Gasteiger partial charge is 0.275 e. The first-order chi connectivity index (χ1) is 14.8. The number of pyridine rings is 1. The molecule has 4 N–H and O–H groups in total. The van der Waals surface area contributed by atoms with E-state index in [0.717, 1.165) is 48.3 Å². The summed E-state index contributed by atoms with van der Waals surface area (Å²) in [5, 5.41) is 13.6. The second-order valence-corrected chi connectivity index (χ2v) is 8.87. The Labute approximate surface area is 182 Å². The highest BCUT2D eigenvalue weighted by atomic mass is 32.1. The zero-order valence-electron chi connectivity index (χ0n) is 16.8. The van der Waals surface area contributed by atoms with Gasteiger partial charge in [-0.3, -0.25) is 9.78 Å². The molecule has 1 aliphatic rings. The summed E-state index contributed by atoms with van der Waals surface area (Å²) in [6.45, 7) is 2.17. The first kappa shape index (κ1) is 21.3. The number of nitrogens with one attached hydrogen (secondary N) is 1. The molecule has 31 heavy (non-hydrogen) atoms. The Kier molecular flexibility index (Phi) is 5.97. The van der Waals surface area contributed by atoms with Crippen LogP contribution in [0, 0.1) is 17.6 Å². The molecule has 3 atom stereocenters. The van der Waals surface area contributed by atoms with E-state index in [1.54, 1.807) is 12.4 Å². The number of phenolic OH excluding ortho intramolecular Hbond substituents is 1. The average Bonchev–Trinajstić information content (AvgIpc) is 3.16. The lowest BCUT2D eigenvalue weighted by atomic mass is 9.76. The lowest BCUT2D eigenvalue weighted by Gasteiger charge is -2.32. The zero-order valence-corrected chi connectivity index (χ0v) is 17.6. The molecule has 0 aliphatic heterocycles. The van der Waals surface area contributed by atoms with Crippen LogP contribution < -0.4 is 11.1 Å². The van der Waals surface area contributed by atoms with E-state index >= 15 is 0 Å². The molecule has 0 bridgehead atoms. The number of halogens is 2. The van der Waals surface area contributed by atoms with Crippen molar-refractivity contribution in [2.75, 3.05) is 5.32 Å². The number of anilines is 1. The Morgan fingerprint density at radius 2 is 2.00 bits per heavy atom. The van der Waals surface area contributed by atoms with Crippen LogP contribution in [0.15, 0.2) is 36.0 Å². The highest BCUT2D eigenvalue weighted by molar-refractivity contribution is 7.13. The van der Waals surface area contributed by atoms with E-state index in [4.69, 9.17) is 5.73 Å². The van der Waals surface area contributed by atoms with Crippen LogP contribution in [0.4, 0.5) is 14.5 Å². The molecule has 0 radical (unpaired) electrons. The van der Waals surface area contributed by atoms with Gasteiger partial charge in [-0.25, -0.2) is 13.8 Å². The van der Waals surface area contributed by atoms with Gasteiger partial charge in [0.2, 0.25) is 0 Å². The summed E-state index contributed by atoms with van der Waals surface area (Å²) in [6, 6.07) is 3.61. The Morgan fingerprint density at radius 1 is 1.26 bits per heavy atom. The quantitative estimate of drug-likeness (QED) is 0.543. The molecule has 1 saturated carbocycles. The van der Waals surface area contributed by atoms with Crippen LogP contribution in [0.25, 0.3) is 10.6 Å². The number of benzene rings is 1. The number of thiazole rings is 1. The molecule has 1 amide bonds. The van der Waals surface area contributed by atoms with Crippen molar-refractivity contribution in [3.05, 3.63) is 58.9 Å². The van der Waals surface area contributed by atoms with E-state index in [-0.39, 0.29) is 28.2 Å².